The van der Waals surface area contributed by atoms with Crippen molar-refractivity contribution >= 4 is 32.6 Å². The van der Waals surface area contributed by atoms with Gasteiger partial charge in [0.05, 0.1) is 27.4 Å². The van der Waals surface area contributed by atoms with E-state index in [0.29, 0.717) is 18.5 Å². The van der Waals surface area contributed by atoms with Crippen LogP contribution in [0.3, 0.4) is 0 Å². The van der Waals surface area contributed by atoms with E-state index in [1.807, 2.05) is 44.4 Å². The van der Waals surface area contributed by atoms with E-state index >= 15 is 0 Å². The Morgan fingerprint density at radius 1 is 1.30 bits per heavy atom. The Labute approximate surface area is 159 Å². The maximum atomic E-state index is 10.9. The van der Waals surface area contributed by atoms with Gasteiger partial charge in [0.1, 0.15) is 5.60 Å². The average Bonchev–Trinajstić information content (AvgIpc) is 3.21. The minimum atomic E-state index is -0.911. The van der Waals surface area contributed by atoms with E-state index in [9.17, 15) is 10.4 Å². The van der Waals surface area contributed by atoms with Crippen molar-refractivity contribution in [3.05, 3.63) is 41.5 Å². The summed E-state index contributed by atoms with van der Waals surface area (Å²) < 4.78 is 2.78. The molecule has 4 aromatic heterocycles. The van der Waals surface area contributed by atoms with E-state index in [1.165, 1.54) is 0 Å². The van der Waals surface area contributed by atoms with Crippen LogP contribution in [0.5, 0.6) is 0 Å². The molecule has 0 unspecified atom stereocenters. The first-order valence-corrected chi connectivity index (χ1v) is 9.54. The first-order valence-electron chi connectivity index (χ1n) is 8.72. The predicted molar refractivity (Wildman–Crippen MR) is 104 cm³/mol. The maximum absolute atomic E-state index is 10.9. The number of rotatable bonds is 2. The highest BCUT2D eigenvalue weighted by Crippen LogP contribution is 2.55. The minimum absolute atomic E-state index is 0.436. The number of aliphatic hydroxyl groups is 1. The fourth-order valence-electron chi connectivity index (χ4n) is 3.98. The summed E-state index contributed by atoms with van der Waals surface area (Å²) in [6, 6.07) is 10.3. The van der Waals surface area contributed by atoms with Crippen LogP contribution in [0, 0.1) is 16.7 Å². The fourth-order valence-corrected chi connectivity index (χ4v) is 5.07. The molecule has 0 atom stereocenters. The lowest BCUT2D eigenvalue weighted by Gasteiger charge is -2.46. The molecule has 6 nitrogen and oxygen atoms in total. The zero-order valence-corrected chi connectivity index (χ0v) is 15.8. The number of fused-ring (bicyclic) bond motifs is 2. The molecular formula is C20H17N5OS. The number of nitriles is 1. The van der Waals surface area contributed by atoms with Crippen molar-refractivity contribution in [3.8, 4) is 17.3 Å². The molecule has 1 aliphatic rings. The zero-order chi connectivity index (χ0) is 18.8. The lowest BCUT2D eigenvalue weighted by molar-refractivity contribution is -0.0999. The molecular weight excluding hydrogens is 358 g/mol. The molecule has 27 heavy (non-hydrogen) atoms. The molecule has 0 spiro atoms. The van der Waals surface area contributed by atoms with Gasteiger partial charge in [-0.15, -0.1) is 11.3 Å². The van der Waals surface area contributed by atoms with Crippen molar-refractivity contribution in [2.24, 2.45) is 12.5 Å². The van der Waals surface area contributed by atoms with Crippen LogP contribution in [0.4, 0.5) is 0 Å². The van der Waals surface area contributed by atoms with Gasteiger partial charge in [0.2, 0.25) is 0 Å². The Balaban J connectivity index is 1.53. The minimum Gasteiger partial charge on any atom is -0.384 e. The molecule has 134 valence electrons. The van der Waals surface area contributed by atoms with Gasteiger partial charge in [-0.1, -0.05) is 0 Å². The van der Waals surface area contributed by atoms with E-state index < -0.39 is 11.0 Å². The molecule has 0 bridgehead atoms. The van der Waals surface area contributed by atoms with Crippen molar-refractivity contribution in [2.45, 2.75) is 25.4 Å². The molecule has 1 saturated carbocycles. The number of aromatic nitrogens is 4. The third-order valence-corrected chi connectivity index (χ3v) is 6.52. The highest BCUT2D eigenvalue weighted by atomic mass is 32.1. The summed E-state index contributed by atoms with van der Waals surface area (Å²) in [6.07, 6.45) is 4.66. The van der Waals surface area contributed by atoms with Crippen molar-refractivity contribution in [1.29, 1.82) is 5.26 Å². The Bertz CT molecular complexity index is 1240. The van der Waals surface area contributed by atoms with Gasteiger partial charge in [0.15, 0.2) is 5.65 Å². The summed E-state index contributed by atoms with van der Waals surface area (Å²) in [5.41, 5.74) is 2.00. The van der Waals surface area contributed by atoms with E-state index in [4.69, 9.17) is 4.98 Å². The summed E-state index contributed by atoms with van der Waals surface area (Å²) >= 11 is 1.55. The van der Waals surface area contributed by atoms with Crippen LogP contribution < -0.4 is 0 Å². The van der Waals surface area contributed by atoms with E-state index in [2.05, 4.69) is 16.2 Å². The molecule has 0 radical (unpaired) electrons. The third-order valence-electron chi connectivity index (χ3n) is 5.24. The topological polar surface area (TPSA) is 87.6 Å². The second-order valence-corrected chi connectivity index (χ2v) is 8.77. The van der Waals surface area contributed by atoms with Crippen LogP contribution in [0.1, 0.15) is 24.6 Å². The smallest absolute Gasteiger partial charge is 0.181 e. The van der Waals surface area contributed by atoms with Crippen molar-refractivity contribution in [1.82, 2.24) is 19.7 Å². The monoisotopic (exact) mass is 375 g/mol. The van der Waals surface area contributed by atoms with Gasteiger partial charge < -0.3 is 5.11 Å². The van der Waals surface area contributed by atoms with Crippen molar-refractivity contribution in [2.75, 3.05) is 0 Å². The van der Waals surface area contributed by atoms with Crippen LogP contribution in [-0.2, 0) is 12.6 Å². The molecule has 4 heterocycles. The first kappa shape index (κ1) is 16.4. The fraction of sp³-hybridized carbons (Fsp3) is 0.300. The van der Waals surface area contributed by atoms with Crippen LogP contribution in [0.25, 0.3) is 32.5 Å². The van der Waals surface area contributed by atoms with Crippen LogP contribution >= 0.6 is 11.3 Å². The van der Waals surface area contributed by atoms with Gasteiger partial charge in [-0.25, -0.2) is 9.97 Å². The van der Waals surface area contributed by atoms with Crippen molar-refractivity contribution < 1.29 is 5.11 Å². The number of aryl methyl sites for hydroxylation is 1. The van der Waals surface area contributed by atoms with E-state index in [0.717, 1.165) is 31.7 Å². The molecule has 5 rings (SSSR count). The predicted octanol–water partition coefficient (Wildman–Crippen LogP) is 3.76. The maximum Gasteiger partial charge on any atom is 0.181 e. The van der Waals surface area contributed by atoms with Crippen LogP contribution in [0.2, 0.25) is 0 Å². The highest BCUT2D eigenvalue weighted by Gasteiger charge is 2.53. The molecule has 1 fully saturated rings. The van der Waals surface area contributed by atoms with Gasteiger partial charge in [-0.2, -0.15) is 10.4 Å². The van der Waals surface area contributed by atoms with E-state index in [1.54, 1.807) is 22.2 Å². The van der Waals surface area contributed by atoms with Gasteiger partial charge >= 0.3 is 0 Å². The summed E-state index contributed by atoms with van der Waals surface area (Å²) in [5.74, 6) is 0. The van der Waals surface area contributed by atoms with Crippen LogP contribution in [0.15, 0.2) is 36.7 Å². The second kappa shape index (κ2) is 5.35. The van der Waals surface area contributed by atoms with Gasteiger partial charge in [-0.05, 0) is 44.0 Å². The summed E-state index contributed by atoms with van der Waals surface area (Å²) in [7, 11) is 1.88. The first-order chi connectivity index (χ1) is 12.9. The normalized spacial score (nSPS) is 24.8. The quantitative estimate of drug-likeness (QED) is 0.576. The second-order valence-electron chi connectivity index (χ2n) is 7.69. The largest absolute Gasteiger partial charge is 0.384 e. The van der Waals surface area contributed by atoms with Gasteiger partial charge in [-0.3, -0.25) is 4.68 Å². The standard InChI is InChI=1S/C20H17N5OS/c1-19(11-21)9-20(26,10-19)17-6-15-16(27-17)4-3-14(23-15)12-5-13-8-25(2)24-18(13)22-7-12/h3-8,26H,9-10H2,1-2H3. The lowest BCUT2D eigenvalue weighted by atomic mass is 9.60. The summed E-state index contributed by atoms with van der Waals surface area (Å²) in [4.78, 5) is 10.1. The van der Waals surface area contributed by atoms with Gasteiger partial charge in [0, 0.05) is 35.3 Å². The zero-order valence-electron chi connectivity index (χ0n) is 15.0. The average molecular weight is 375 g/mol. The summed E-state index contributed by atoms with van der Waals surface area (Å²) in [6.45, 7) is 1.90. The molecule has 0 amide bonds. The number of nitrogens with zero attached hydrogens (tertiary/aromatic N) is 5. The third kappa shape index (κ3) is 2.52. The molecule has 0 aromatic carbocycles. The Morgan fingerprint density at radius 3 is 2.89 bits per heavy atom. The number of hydrogen-bond acceptors (Lipinski definition) is 6. The van der Waals surface area contributed by atoms with Crippen molar-refractivity contribution in [3.63, 3.8) is 0 Å². The molecule has 0 saturated heterocycles. The highest BCUT2D eigenvalue weighted by molar-refractivity contribution is 7.19. The summed E-state index contributed by atoms with van der Waals surface area (Å²) in [5, 5.41) is 25.4. The lowest BCUT2D eigenvalue weighted by Crippen LogP contribution is -2.46. The molecule has 0 aliphatic heterocycles. The Kier molecular flexibility index (Phi) is 3.24. The molecule has 4 aromatic rings. The number of pyridine rings is 2. The van der Waals surface area contributed by atoms with Crippen LogP contribution in [-0.4, -0.2) is 24.9 Å². The Morgan fingerprint density at radius 2 is 2.11 bits per heavy atom. The molecule has 7 heteroatoms. The van der Waals surface area contributed by atoms with Gasteiger partial charge in [0.25, 0.3) is 0 Å². The molecule has 1 aliphatic carbocycles. The number of thiophene rings is 1. The van der Waals surface area contributed by atoms with E-state index in [-0.39, 0.29) is 0 Å². The molecule has 1 N–H and O–H groups in total. The Hall–Kier alpha value is -2.82. The number of hydrogen-bond donors (Lipinski definition) is 1. The SMILES string of the molecule is Cn1cc2cc(-c3ccc4sc(C5(O)CC(C)(C#N)C5)cc4n3)cnc2n1.